The highest BCUT2D eigenvalue weighted by Crippen LogP contribution is 2.37. The molecule has 84 valence electrons. The predicted octanol–water partition coefficient (Wildman–Crippen LogP) is 2.22. The third-order valence-electron chi connectivity index (χ3n) is 2.56. The molecule has 0 radical (unpaired) electrons. The summed E-state index contributed by atoms with van der Waals surface area (Å²) in [5.74, 6) is -0.0594. The van der Waals surface area contributed by atoms with Crippen LogP contribution in [0.4, 0.5) is 0 Å². The zero-order valence-corrected chi connectivity index (χ0v) is 9.36. The molecule has 0 spiro atoms. The topological polar surface area (TPSA) is 60.7 Å². The van der Waals surface area contributed by atoms with E-state index < -0.39 is 0 Å². The van der Waals surface area contributed by atoms with Crippen molar-refractivity contribution in [2.75, 3.05) is 6.61 Å². The monoisotopic (exact) mass is 210 g/mol. The summed E-state index contributed by atoms with van der Waals surface area (Å²) in [5.41, 5.74) is 0.636. The predicted molar refractivity (Wildman–Crippen MR) is 59.1 cm³/mol. The number of phenolic OH excluding ortho intramolecular Hbond substituents is 2. The first kappa shape index (κ1) is 11.9. The average molecular weight is 210 g/mol. The van der Waals surface area contributed by atoms with Gasteiger partial charge < -0.3 is 15.3 Å². The second-order valence-corrected chi connectivity index (χ2v) is 4.88. The van der Waals surface area contributed by atoms with Crippen molar-refractivity contribution in [1.82, 2.24) is 0 Å². The summed E-state index contributed by atoms with van der Waals surface area (Å²) >= 11 is 0. The molecule has 0 aliphatic carbocycles. The summed E-state index contributed by atoms with van der Waals surface area (Å²) in [4.78, 5) is 0. The van der Waals surface area contributed by atoms with Crippen molar-refractivity contribution in [3.05, 3.63) is 23.8 Å². The van der Waals surface area contributed by atoms with Gasteiger partial charge in [-0.2, -0.15) is 0 Å². The van der Waals surface area contributed by atoms with Crippen LogP contribution >= 0.6 is 0 Å². The van der Waals surface area contributed by atoms with E-state index in [1.165, 1.54) is 6.07 Å². The molecule has 0 bridgehead atoms. The van der Waals surface area contributed by atoms with Gasteiger partial charge in [0.15, 0.2) is 0 Å². The van der Waals surface area contributed by atoms with E-state index >= 15 is 0 Å². The fourth-order valence-electron chi connectivity index (χ4n) is 1.70. The van der Waals surface area contributed by atoms with E-state index in [0.29, 0.717) is 0 Å². The molecule has 3 heteroatoms. The highest BCUT2D eigenvalue weighted by Gasteiger charge is 2.26. The van der Waals surface area contributed by atoms with Gasteiger partial charge in [0.2, 0.25) is 0 Å². The van der Waals surface area contributed by atoms with Crippen LogP contribution in [0.1, 0.15) is 32.3 Å². The maximum atomic E-state index is 9.36. The fraction of sp³-hybridized carbons (Fsp3) is 0.500. The number of aromatic hydroxyl groups is 2. The Hall–Kier alpha value is -1.22. The molecule has 0 amide bonds. The largest absolute Gasteiger partial charge is 0.508 e. The standard InChI is InChI=1S/C12H18O3/c1-12(2,3)11(7-13)8-4-9(14)6-10(15)5-8/h4-6,11,13-15H,7H2,1-3H3. The quantitative estimate of drug-likeness (QED) is 0.701. The zero-order chi connectivity index (χ0) is 11.6. The van der Waals surface area contributed by atoms with Crippen molar-refractivity contribution in [2.45, 2.75) is 26.7 Å². The van der Waals surface area contributed by atoms with E-state index in [0.717, 1.165) is 5.56 Å². The van der Waals surface area contributed by atoms with Crippen molar-refractivity contribution in [1.29, 1.82) is 0 Å². The van der Waals surface area contributed by atoms with Crippen LogP contribution in [0.25, 0.3) is 0 Å². The van der Waals surface area contributed by atoms with Crippen molar-refractivity contribution in [3.8, 4) is 11.5 Å². The molecular weight excluding hydrogens is 192 g/mol. The van der Waals surface area contributed by atoms with Gasteiger partial charge in [-0.1, -0.05) is 20.8 Å². The highest BCUT2D eigenvalue weighted by molar-refractivity contribution is 5.39. The van der Waals surface area contributed by atoms with Crippen LogP contribution in [0.2, 0.25) is 0 Å². The smallest absolute Gasteiger partial charge is 0.119 e. The Balaban J connectivity index is 3.13. The number of aliphatic hydroxyl groups excluding tert-OH is 1. The van der Waals surface area contributed by atoms with Gasteiger partial charge in [0.25, 0.3) is 0 Å². The third kappa shape index (κ3) is 2.86. The van der Waals surface area contributed by atoms with Crippen LogP contribution in [0.3, 0.4) is 0 Å². The van der Waals surface area contributed by atoms with E-state index in [1.807, 2.05) is 20.8 Å². The molecular formula is C12H18O3. The third-order valence-corrected chi connectivity index (χ3v) is 2.56. The molecule has 0 heterocycles. The van der Waals surface area contributed by atoms with Crippen molar-refractivity contribution >= 4 is 0 Å². The van der Waals surface area contributed by atoms with Gasteiger partial charge >= 0.3 is 0 Å². The number of phenols is 2. The van der Waals surface area contributed by atoms with Gasteiger partial charge in [-0.05, 0) is 23.1 Å². The van der Waals surface area contributed by atoms with E-state index in [4.69, 9.17) is 0 Å². The first-order valence-electron chi connectivity index (χ1n) is 4.98. The summed E-state index contributed by atoms with van der Waals surface area (Å²) in [7, 11) is 0. The molecule has 0 saturated carbocycles. The fourth-order valence-corrected chi connectivity index (χ4v) is 1.70. The molecule has 0 aliphatic rings. The summed E-state index contributed by atoms with van der Waals surface area (Å²) in [5, 5.41) is 28.1. The summed E-state index contributed by atoms with van der Waals surface area (Å²) in [6.07, 6.45) is 0. The average Bonchev–Trinajstić information content (AvgIpc) is 1.99. The molecule has 0 fully saturated rings. The van der Waals surface area contributed by atoms with Gasteiger partial charge in [0.05, 0.1) is 6.61 Å². The van der Waals surface area contributed by atoms with Crippen LogP contribution in [-0.4, -0.2) is 21.9 Å². The first-order chi connectivity index (χ1) is 6.84. The van der Waals surface area contributed by atoms with Crippen molar-refractivity contribution in [2.24, 2.45) is 5.41 Å². The summed E-state index contributed by atoms with van der Waals surface area (Å²) in [6.45, 7) is 6.02. The minimum Gasteiger partial charge on any atom is -0.508 e. The second-order valence-electron chi connectivity index (χ2n) is 4.88. The lowest BCUT2D eigenvalue weighted by Gasteiger charge is -2.29. The number of benzene rings is 1. The zero-order valence-electron chi connectivity index (χ0n) is 9.36. The lowest BCUT2D eigenvalue weighted by atomic mass is 9.77. The molecule has 1 unspecified atom stereocenters. The van der Waals surface area contributed by atoms with Crippen LogP contribution in [-0.2, 0) is 0 Å². The van der Waals surface area contributed by atoms with E-state index in [1.54, 1.807) is 12.1 Å². The molecule has 3 nitrogen and oxygen atoms in total. The Kier molecular flexibility index (Phi) is 3.25. The molecule has 1 atom stereocenters. The number of aliphatic hydroxyl groups is 1. The van der Waals surface area contributed by atoms with E-state index in [-0.39, 0.29) is 29.4 Å². The van der Waals surface area contributed by atoms with Crippen LogP contribution < -0.4 is 0 Å². The van der Waals surface area contributed by atoms with Gasteiger partial charge in [0, 0.05) is 12.0 Å². The lowest BCUT2D eigenvalue weighted by molar-refractivity contribution is 0.186. The van der Waals surface area contributed by atoms with E-state index in [9.17, 15) is 15.3 Å². The molecule has 3 N–H and O–H groups in total. The minimum absolute atomic E-state index is 0.00755. The van der Waals surface area contributed by atoms with Crippen LogP contribution in [0, 0.1) is 5.41 Å². The number of rotatable bonds is 2. The summed E-state index contributed by atoms with van der Waals surface area (Å²) in [6, 6.07) is 4.43. The Morgan fingerprint density at radius 3 is 1.87 bits per heavy atom. The SMILES string of the molecule is CC(C)(C)C(CO)c1cc(O)cc(O)c1. The molecule has 0 saturated heterocycles. The number of hydrogen-bond donors (Lipinski definition) is 3. The van der Waals surface area contributed by atoms with Crippen LogP contribution in [0.5, 0.6) is 11.5 Å². The van der Waals surface area contributed by atoms with Crippen molar-refractivity contribution < 1.29 is 15.3 Å². The maximum absolute atomic E-state index is 9.36. The molecule has 15 heavy (non-hydrogen) atoms. The first-order valence-corrected chi connectivity index (χ1v) is 4.98. The van der Waals surface area contributed by atoms with Crippen LogP contribution in [0.15, 0.2) is 18.2 Å². The summed E-state index contributed by atoms with van der Waals surface area (Å²) < 4.78 is 0. The Morgan fingerprint density at radius 2 is 1.53 bits per heavy atom. The molecule has 1 aromatic rings. The molecule has 1 rings (SSSR count). The number of hydrogen-bond acceptors (Lipinski definition) is 3. The molecule has 0 aliphatic heterocycles. The minimum atomic E-state index is -0.116. The highest BCUT2D eigenvalue weighted by atomic mass is 16.3. The maximum Gasteiger partial charge on any atom is 0.119 e. The Labute approximate surface area is 90.0 Å². The Morgan fingerprint density at radius 1 is 1.07 bits per heavy atom. The van der Waals surface area contributed by atoms with Crippen molar-refractivity contribution in [3.63, 3.8) is 0 Å². The second kappa shape index (κ2) is 4.11. The van der Waals surface area contributed by atoms with Gasteiger partial charge in [0.1, 0.15) is 11.5 Å². The van der Waals surface area contributed by atoms with E-state index in [2.05, 4.69) is 0 Å². The lowest BCUT2D eigenvalue weighted by Crippen LogP contribution is -2.21. The molecule has 1 aromatic carbocycles. The Bertz CT molecular complexity index is 319. The van der Waals surface area contributed by atoms with Gasteiger partial charge in [-0.3, -0.25) is 0 Å². The van der Waals surface area contributed by atoms with Gasteiger partial charge in [-0.25, -0.2) is 0 Å². The molecule has 0 aromatic heterocycles. The normalized spacial score (nSPS) is 13.9. The van der Waals surface area contributed by atoms with Gasteiger partial charge in [-0.15, -0.1) is 0 Å².